The fourth-order valence-corrected chi connectivity index (χ4v) is 4.28. The van der Waals surface area contributed by atoms with Crippen molar-refractivity contribution in [3.8, 4) is 18.2 Å². The first kappa shape index (κ1) is 30.0. The van der Waals surface area contributed by atoms with Crippen molar-refractivity contribution in [1.82, 2.24) is 10.2 Å². The Kier molecular flexibility index (Phi) is 9.43. The first-order valence-electron chi connectivity index (χ1n) is 13.2. The highest BCUT2D eigenvalue weighted by Crippen LogP contribution is 2.29. The molecular weight excluding hydrogens is 506 g/mol. The van der Waals surface area contributed by atoms with Crippen molar-refractivity contribution in [3.63, 3.8) is 0 Å². The van der Waals surface area contributed by atoms with Gasteiger partial charge in [-0.05, 0) is 79.8 Å². The van der Waals surface area contributed by atoms with Gasteiger partial charge in [0.1, 0.15) is 23.4 Å². The van der Waals surface area contributed by atoms with Gasteiger partial charge in [0.25, 0.3) is 11.8 Å². The number of nitrogens with one attached hydrogen (secondary N) is 2. The summed E-state index contributed by atoms with van der Waals surface area (Å²) in [4.78, 5) is 41.4. The van der Waals surface area contributed by atoms with E-state index in [4.69, 9.17) is 11.2 Å². The zero-order chi connectivity index (χ0) is 29.6. The summed E-state index contributed by atoms with van der Waals surface area (Å²) in [6.45, 7) is 10.5. The van der Waals surface area contributed by atoms with Gasteiger partial charge in [-0.3, -0.25) is 14.5 Å². The number of rotatable bonds is 8. The van der Waals surface area contributed by atoms with E-state index < -0.39 is 35.6 Å². The molecule has 0 saturated heterocycles. The van der Waals surface area contributed by atoms with Gasteiger partial charge in [-0.1, -0.05) is 63.1 Å². The maximum absolute atomic E-state index is 14.0. The highest BCUT2D eigenvalue weighted by molar-refractivity contribution is 6.01. The van der Waals surface area contributed by atoms with E-state index in [1.807, 2.05) is 50.2 Å². The van der Waals surface area contributed by atoms with E-state index in [9.17, 15) is 19.5 Å². The van der Waals surface area contributed by atoms with Crippen LogP contribution in [0.5, 0.6) is 5.75 Å². The molecule has 0 aliphatic rings. The van der Waals surface area contributed by atoms with Crippen LogP contribution >= 0.6 is 0 Å². The number of amides is 3. The standard InChI is InChI=1S/C32H37N3O5/c1-8-20(3)27(34-31(39)40-32(5,6)7)30(38)35(9-2)28(24-15-17-26(36)21(4)18-24)29(37)33-25-16-14-22-12-10-11-13-23(22)19-25/h2,10-20,27-28,36H,8H2,1,3-7H3,(H,33,37)(H,34,39). The Hall–Kier alpha value is -4.51. The molecule has 3 aromatic carbocycles. The minimum absolute atomic E-state index is 0.0418. The molecular formula is C32H37N3O5. The molecule has 40 heavy (non-hydrogen) atoms. The fraction of sp³-hybridized carbons (Fsp3) is 0.344. The molecule has 0 aliphatic carbocycles. The number of phenols is 1. The number of aromatic hydroxyl groups is 1. The first-order chi connectivity index (χ1) is 18.8. The highest BCUT2D eigenvalue weighted by Gasteiger charge is 2.38. The number of phenolic OH excluding ortho intramolecular Hbond substituents is 1. The average molecular weight is 544 g/mol. The summed E-state index contributed by atoms with van der Waals surface area (Å²) in [6, 6.07) is 17.9. The van der Waals surface area contributed by atoms with Crippen molar-refractivity contribution < 1.29 is 24.2 Å². The van der Waals surface area contributed by atoms with Crippen molar-refractivity contribution in [2.24, 2.45) is 5.92 Å². The molecule has 3 N–H and O–H groups in total. The van der Waals surface area contributed by atoms with Crippen LogP contribution in [0, 0.1) is 25.3 Å². The number of aryl methyl sites for hydroxylation is 1. The lowest BCUT2D eigenvalue weighted by molar-refractivity contribution is -0.137. The number of carbonyl (C=O) groups excluding carboxylic acids is 3. The van der Waals surface area contributed by atoms with Gasteiger partial charge in [-0.15, -0.1) is 0 Å². The van der Waals surface area contributed by atoms with Crippen LogP contribution < -0.4 is 10.6 Å². The second-order valence-corrected chi connectivity index (χ2v) is 10.8. The zero-order valence-corrected chi connectivity index (χ0v) is 23.8. The maximum Gasteiger partial charge on any atom is 0.408 e. The van der Waals surface area contributed by atoms with Gasteiger partial charge in [0.05, 0.1) is 0 Å². The minimum atomic E-state index is -1.25. The molecule has 0 aliphatic heterocycles. The van der Waals surface area contributed by atoms with E-state index >= 15 is 0 Å². The molecule has 0 saturated carbocycles. The molecule has 3 aromatic rings. The molecule has 0 bridgehead atoms. The quantitative estimate of drug-likeness (QED) is 0.242. The van der Waals surface area contributed by atoms with Crippen LogP contribution in [0.3, 0.4) is 0 Å². The van der Waals surface area contributed by atoms with Gasteiger partial charge < -0.3 is 20.5 Å². The van der Waals surface area contributed by atoms with E-state index in [-0.39, 0.29) is 11.7 Å². The third-order valence-electron chi connectivity index (χ3n) is 6.59. The van der Waals surface area contributed by atoms with Crippen molar-refractivity contribution in [3.05, 3.63) is 71.8 Å². The topological polar surface area (TPSA) is 108 Å². The van der Waals surface area contributed by atoms with E-state index in [1.54, 1.807) is 45.9 Å². The highest BCUT2D eigenvalue weighted by atomic mass is 16.6. The van der Waals surface area contributed by atoms with Gasteiger partial charge in [-0.25, -0.2) is 4.79 Å². The molecule has 0 aromatic heterocycles. The van der Waals surface area contributed by atoms with Crippen molar-refractivity contribution in [2.45, 2.75) is 65.6 Å². The summed E-state index contributed by atoms with van der Waals surface area (Å²) in [5, 5.41) is 17.6. The number of nitrogens with zero attached hydrogens (tertiary/aromatic N) is 1. The van der Waals surface area contributed by atoms with Gasteiger partial charge in [0.15, 0.2) is 0 Å². The molecule has 0 radical (unpaired) electrons. The average Bonchev–Trinajstić information content (AvgIpc) is 2.90. The largest absolute Gasteiger partial charge is 0.508 e. The Balaban J connectivity index is 2.02. The fourth-order valence-electron chi connectivity index (χ4n) is 4.28. The van der Waals surface area contributed by atoms with Gasteiger partial charge in [0.2, 0.25) is 0 Å². The molecule has 0 fully saturated rings. The van der Waals surface area contributed by atoms with Gasteiger partial charge >= 0.3 is 6.09 Å². The number of anilines is 1. The Morgan fingerprint density at radius 1 is 1.05 bits per heavy atom. The van der Waals surface area contributed by atoms with Gasteiger partial charge in [-0.2, -0.15) is 0 Å². The lowest BCUT2D eigenvalue weighted by Gasteiger charge is -2.32. The lowest BCUT2D eigenvalue weighted by Crippen LogP contribution is -2.53. The van der Waals surface area contributed by atoms with E-state index in [1.165, 1.54) is 6.07 Å². The first-order valence-corrected chi connectivity index (χ1v) is 13.2. The summed E-state index contributed by atoms with van der Waals surface area (Å²) in [5.41, 5.74) is 0.667. The number of hydrogen-bond donors (Lipinski definition) is 3. The number of ether oxygens (including phenoxy) is 1. The Morgan fingerprint density at radius 2 is 1.73 bits per heavy atom. The SMILES string of the molecule is C#CN(C(=O)C(NC(=O)OC(C)(C)C)C(C)CC)C(C(=O)Nc1ccc2ccccc2c1)c1ccc(O)c(C)c1. The molecule has 0 heterocycles. The Morgan fingerprint density at radius 3 is 2.33 bits per heavy atom. The molecule has 3 atom stereocenters. The van der Waals surface area contributed by atoms with Crippen molar-refractivity contribution in [2.75, 3.05) is 5.32 Å². The van der Waals surface area contributed by atoms with Crippen LogP contribution in [-0.4, -0.2) is 39.6 Å². The van der Waals surface area contributed by atoms with E-state index in [0.717, 1.165) is 15.7 Å². The van der Waals surface area contributed by atoms with Crippen molar-refractivity contribution in [1.29, 1.82) is 0 Å². The summed E-state index contributed by atoms with van der Waals surface area (Å²) >= 11 is 0. The Labute approximate surface area is 235 Å². The van der Waals surface area contributed by atoms with Crippen LogP contribution in [0.1, 0.15) is 58.2 Å². The smallest absolute Gasteiger partial charge is 0.408 e. The van der Waals surface area contributed by atoms with Crippen LogP contribution in [0.15, 0.2) is 60.7 Å². The molecule has 8 nitrogen and oxygen atoms in total. The molecule has 3 rings (SSSR count). The number of benzene rings is 3. The maximum atomic E-state index is 14.0. The van der Waals surface area contributed by atoms with Gasteiger partial charge in [0, 0.05) is 11.7 Å². The summed E-state index contributed by atoms with van der Waals surface area (Å²) in [6.07, 6.45) is 5.67. The third kappa shape index (κ3) is 7.32. The minimum Gasteiger partial charge on any atom is -0.508 e. The van der Waals surface area contributed by atoms with E-state index in [2.05, 4.69) is 16.7 Å². The number of fused-ring (bicyclic) bond motifs is 1. The van der Waals surface area contributed by atoms with Crippen LogP contribution in [0.25, 0.3) is 10.8 Å². The zero-order valence-electron chi connectivity index (χ0n) is 23.8. The molecule has 0 spiro atoms. The third-order valence-corrected chi connectivity index (χ3v) is 6.59. The monoisotopic (exact) mass is 543 g/mol. The van der Waals surface area contributed by atoms with E-state index in [0.29, 0.717) is 23.2 Å². The molecule has 3 unspecified atom stereocenters. The summed E-state index contributed by atoms with van der Waals surface area (Å²) in [7, 11) is 0. The summed E-state index contributed by atoms with van der Waals surface area (Å²) in [5.74, 6) is -1.46. The molecule has 3 amide bonds. The summed E-state index contributed by atoms with van der Waals surface area (Å²) < 4.78 is 5.38. The normalized spacial score (nSPS) is 13.4. The molecule has 210 valence electrons. The second-order valence-electron chi connectivity index (χ2n) is 10.8. The van der Waals surface area contributed by atoms with Crippen LogP contribution in [0.2, 0.25) is 0 Å². The van der Waals surface area contributed by atoms with Crippen LogP contribution in [0.4, 0.5) is 10.5 Å². The Bertz CT molecular complexity index is 1440. The predicted octanol–water partition coefficient (Wildman–Crippen LogP) is 5.89. The van der Waals surface area contributed by atoms with Crippen molar-refractivity contribution >= 4 is 34.4 Å². The lowest BCUT2D eigenvalue weighted by atomic mass is 9.95. The predicted molar refractivity (Wildman–Crippen MR) is 156 cm³/mol. The number of carbonyl (C=O) groups is 3. The number of hydrogen-bond acceptors (Lipinski definition) is 5. The second kappa shape index (κ2) is 12.6. The number of alkyl carbamates (subject to hydrolysis) is 1. The number of terminal acetylenes is 1. The van der Waals surface area contributed by atoms with Crippen LogP contribution in [-0.2, 0) is 14.3 Å². The molecule has 8 heteroatoms.